The molecule has 0 aromatic heterocycles. The summed E-state index contributed by atoms with van der Waals surface area (Å²) < 4.78 is 5.06. The molecular weight excluding hydrogens is 196 g/mol. The summed E-state index contributed by atoms with van der Waals surface area (Å²) in [6, 6.07) is 0. The zero-order valence-electron chi connectivity index (χ0n) is 9.19. The molecule has 0 aliphatic carbocycles. The standard InChI is InChI=1S/C10H20N2O3/c1-15-9(7-11)6-10(14)12-4-2-8(13)3-5-12/h8-9,13H,2-7,11H2,1H3. The van der Waals surface area contributed by atoms with Crippen LogP contribution >= 0.6 is 0 Å². The maximum atomic E-state index is 11.7. The zero-order valence-corrected chi connectivity index (χ0v) is 9.19. The number of nitrogens with two attached hydrogens (primary N) is 1. The van der Waals surface area contributed by atoms with Gasteiger partial charge in [0.25, 0.3) is 0 Å². The number of rotatable bonds is 4. The molecule has 3 N–H and O–H groups in total. The van der Waals surface area contributed by atoms with Crippen LogP contribution in [0.3, 0.4) is 0 Å². The van der Waals surface area contributed by atoms with E-state index in [9.17, 15) is 9.90 Å². The van der Waals surface area contributed by atoms with E-state index in [1.54, 1.807) is 12.0 Å². The Balaban J connectivity index is 2.33. The quantitative estimate of drug-likeness (QED) is 0.653. The highest BCUT2D eigenvalue weighted by molar-refractivity contribution is 5.76. The van der Waals surface area contributed by atoms with Crippen molar-refractivity contribution in [1.29, 1.82) is 0 Å². The first-order valence-corrected chi connectivity index (χ1v) is 5.36. The lowest BCUT2D eigenvalue weighted by Crippen LogP contribution is -2.42. The average Bonchev–Trinajstić information content (AvgIpc) is 2.26. The fourth-order valence-electron chi connectivity index (χ4n) is 1.70. The number of likely N-dealkylation sites (tertiary alicyclic amines) is 1. The molecule has 1 atom stereocenters. The lowest BCUT2D eigenvalue weighted by atomic mass is 10.1. The number of methoxy groups -OCH3 is 1. The molecule has 5 heteroatoms. The Morgan fingerprint density at radius 2 is 2.20 bits per heavy atom. The summed E-state index contributed by atoms with van der Waals surface area (Å²) in [5.41, 5.74) is 5.45. The van der Waals surface area contributed by atoms with Crippen molar-refractivity contribution in [2.75, 3.05) is 26.7 Å². The molecule has 0 saturated carbocycles. The first-order valence-electron chi connectivity index (χ1n) is 5.36. The molecule has 1 rings (SSSR count). The Bertz CT molecular complexity index is 199. The van der Waals surface area contributed by atoms with Crippen LogP contribution in [-0.4, -0.2) is 54.9 Å². The molecular formula is C10H20N2O3. The lowest BCUT2D eigenvalue weighted by molar-refractivity contribution is -0.135. The average molecular weight is 216 g/mol. The van der Waals surface area contributed by atoms with E-state index >= 15 is 0 Å². The summed E-state index contributed by atoms with van der Waals surface area (Å²) in [6.45, 7) is 1.64. The maximum Gasteiger partial charge on any atom is 0.225 e. The van der Waals surface area contributed by atoms with E-state index in [-0.39, 0.29) is 18.1 Å². The van der Waals surface area contributed by atoms with Gasteiger partial charge in [0.2, 0.25) is 5.91 Å². The van der Waals surface area contributed by atoms with E-state index < -0.39 is 0 Å². The third-order valence-electron chi connectivity index (χ3n) is 2.82. The first kappa shape index (κ1) is 12.4. The minimum atomic E-state index is -0.248. The minimum absolute atomic E-state index is 0.0687. The molecule has 1 heterocycles. The molecule has 1 saturated heterocycles. The van der Waals surface area contributed by atoms with Crippen molar-refractivity contribution < 1.29 is 14.6 Å². The van der Waals surface area contributed by atoms with Crippen molar-refractivity contribution in [3.8, 4) is 0 Å². The first-order chi connectivity index (χ1) is 7.17. The highest BCUT2D eigenvalue weighted by Crippen LogP contribution is 2.12. The van der Waals surface area contributed by atoms with E-state index in [1.807, 2.05) is 0 Å². The van der Waals surface area contributed by atoms with Crippen LogP contribution in [0.5, 0.6) is 0 Å². The van der Waals surface area contributed by atoms with E-state index in [0.29, 0.717) is 38.9 Å². The molecule has 0 radical (unpaired) electrons. The predicted octanol–water partition coefficient (Wildman–Crippen LogP) is -0.666. The summed E-state index contributed by atoms with van der Waals surface area (Å²) in [5.74, 6) is 0.0687. The van der Waals surface area contributed by atoms with Gasteiger partial charge in [-0.25, -0.2) is 0 Å². The number of piperidine rings is 1. The summed E-state index contributed by atoms with van der Waals surface area (Å²) in [4.78, 5) is 13.5. The number of carbonyl (C=O) groups is 1. The molecule has 0 spiro atoms. The van der Waals surface area contributed by atoms with Crippen LogP contribution in [0.25, 0.3) is 0 Å². The van der Waals surface area contributed by atoms with Gasteiger partial charge >= 0.3 is 0 Å². The van der Waals surface area contributed by atoms with Gasteiger partial charge in [-0.2, -0.15) is 0 Å². The second-order valence-electron chi connectivity index (χ2n) is 3.91. The van der Waals surface area contributed by atoms with Gasteiger partial charge in [-0.3, -0.25) is 4.79 Å². The number of aliphatic hydroxyl groups excluding tert-OH is 1. The highest BCUT2D eigenvalue weighted by atomic mass is 16.5. The second kappa shape index (κ2) is 6.05. The summed E-state index contributed by atoms with van der Waals surface area (Å²) >= 11 is 0. The van der Waals surface area contributed by atoms with Crippen LogP contribution in [0.1, 0.15) is 19.3 Å². The van der Waals surface area contributed by atoms with Crippen LogP contribution in [-0.2, 0) is 9.53 Å². The Hall–Kier alpha value is -0.650. The van der Waals surface area contributed by atoms with Crippen molar-refractivity contribution >= 4 is 5.91 Å². The SMILES string of the molecule is COC(CN)CC(=O)N1CCC(O)CC1. The zero-order chi connectivity index (χ0) is 11.3. The smallest absolute Gasteiger partial charge is 0.225 e. The van der Waals surface area contributed by atoms with Crippen molar-refractivity contribution in [1.82, 2.24) is 4.90 Å². The van der Waals surface area contributed by atoms with Crippen LogP contribution < -0.4 is 5.73 Å². The molecule has 1 fully saturated rings. The fourth-order valence-corrected chi connectivity index (χ4v) is 1.70. The van der Waals surface area contributed by atoms with Crippen molar-refractivity contribution in [2.24, 2.45) is 5.73 Å². The van der Waals surface area contributed by atoms with Crippen LogP contribution in [0.2, 0.25) is 0 Å². The van der Waals surface area contributed by atoms with Crippen LogP contribution in [0.15, 0.2) is 0 Å². The van der Waals surface area contributed by atoms with E-state index in [2.05, 4.69) is 0 Å². The van der Waals surface area contributed by atoms with Crippen molar-refractivity contribution in [3.63, 3.8) is 0 Å². The van der Waals surface area contributed by atoms with Gasteiger partial charge in [0.1, 0.15) is 0 Å². The molecule has 1 aliphatic heterocycles. The summed E-state index contributed by atoms with van der Waals surface area (Å²) in [7, 11) is 1.56. The van der Waals surface area contributed by atoms with Crippen molar-refractivity contribution in [3.05, 3.63) is 0 Å². The van der Waals surface area contributed by atoms with Gasteiger partial charge in [0.15, 0.2) is 0 Å². The highest BCUT2D eigenvalue weighted by Gasteiger charge is 2.23. The fraction of sp³-hybridized carbons (Fsp3) is 0.900. The molecule has 0 aromatic rings. The van der Waals surface area contributed by atoms with Gasteiger partial charge in [-0.05, 0) is 12.8 Å². The van der Waals surface area contributed by atoms with Crippen LogP contribution in [0, 0.1) is 0 Å². The summed E-state index contributed by atoms with van der Waals surface area (Å²) in [5, 5.41) is 9.30. The molecule has 1 amide bonds. The molecule has 88 valence electrons. The Labute approximate surface area is 90.2 Å². The monoisotopic (exact) mass is 216 g/mol. The molecule has 0 bridgehead atoms. The predicted molar refractivity (Wildman–Crippen MR) is 56.3 cm³/mol. The minimum Gasteiger partial charge on any atom is -0.393 e. The van der Waals surface area contributed by atoms with E-state index in [0.717, 1.165) is 0 Å². The molecule has 15 heavy (non-hydrogen) atoms. The van der Waals surface area contributed by atoms with Gasteiger partial charge in [-0.1, -0.05) is 0 Å². The third kappa shape index (κ3) is 3.77. The van der Waals surface area contributed by atoms with Crippen LogP contribution in [0.4, 0.5) is 0 Å². The normalized spacial score (nSPS) is 20.3. The number of ether oxygens (including phenoxy) is 1. The number of carbonyl (C=O) groups excluding carboxylic acids is 1. The molecule has 1 unspecified atom stereocenters. The summed E-state index contributed by atoms with van der Waals surface area (Å²) in [6.07, 6.45) is 1.24. The van der Waals surface area contributed by atoms with Gasteiger partial charge in [-0.15, -0.1) is 0 Å². The topological polar surface area (TPSA) is 75.8 Å². The molecule has 1 aliphatic rings. The van der Waals surface area contributed by atoms with Crippen molar-refractivity contribution in [2.45, 2.75) is 31.5 Å². The van der Waals surface area contributed by atoms with Gasteiger partial charge in [0, 0.05) is 26.7 Å². The number of aliphatic hydroxyl groups is 1. The third-order valence-corrected chi connectivity index (χ3v) is 2.82. The second-order valence-corrected chi connectivity index (χ2v) is 3.91. The largest absolute Gasteiger partial charge is 0.393 e. The molecule has 0 aromatic carbocycles. The Morgan fingerprint density at radius 3 is 2.67 bits per heavy atom. The maximum absolute atomic E-state index is 11.7. The Morgan fingerprint density at radius 1 is 1.60 bits per heavy atom. The Kier molecular flexibility index (Phi) is 5.01. The molecule has 5 nitrogen and oxygen atoms in total. The lowest BCUT2D eigenvalue weighted by Gasteiger charge is -2.30. The number of hydrogen-bond acceptors (Lipinski definition) is 4. The van der Waals surface area contributed by atoms with E-state index in [1.165, 1.54) is 0 Å². The van der Waals surface area contributed by atoms with Gasteiger partial charge in [0.05, 0.1) is 18.6 Å². The van der Waals surface area contributed by atoms with E-state index in [4.69, 9.17) is 10.5 Å². The number of hydrogen-bond donors (Lipinski definition) is 2. The van der Waals surface area contributed by atoms with Gasteiger partial charge < -0.3 is 20.5 Å². The number of nitrogens with zero attached hydrogens (tertiary/aromatic N) is 1. The number of amides is 1.